The summed E-state index contributed by atoms with van der Waals surface area (Å²) < 4.78 is 9.29. The molecule has 4 aromatic rings. The molecule has 0 fully saturated rings. The molecule has 134 valence electrons. The summed E-state index contributed by atoms with van der Waals surface area (Å²) in [6.07, 6.45) is 0.986. The second kappa shape index (κ2) is 6.91. The molecule has 0 unspecified atom stereocenters. The van der Waals surface area contributed by atoms with E-state index in [0.717, 1.165) is 51.8 Å². The van der Waals surface area contributed by atoms with Crippen LogP contribution in [0.2, 0.25) is 0 Å². The summed E-state index contributed by atoms with van der Waals surface area (Å²) in [6.45, 7) is 4.99. The zero-order valence-corrected chi connectivity index (χ0v) is 15.7. The predicted molar refractivity (Wildman–Crippen MR) is 99.5 cm³/mol. The Bertz CT molecular complexity index is 1070. The van der Waals surface area contributed by atoms with Crippen molar-refractivity contribution in [2.24, 2.45) is 0 Å². The Labute approximate surface area is 154 Å². The fraction of sp³-hybridized carbons (Fsp3) is 0.353. The molecule has 0 bridgehead atoms. The normalized spacial score (nSPS) is 11.5. The number of pyridine rings is 1. The van der Waals surface area contributed by atoms with Crippen LogP contribution in [0.4, 0.5) is 0 Å². The van der Waals surface area contributed by atoms with E-state index in [1.807, 2.05) is 22.9 Å². The first kappa shape index (κ1) is 16.8. The maximum Gasteiger partial charge on any atom is 0.196 e. The quantitative estimate of drug-likeness (QED) is 0.483. The number of aromatic nitrogens is 7. The second-order valence-electron chi connectivity index (χ2n) is 5.99. The third-order valence-corrected chi connectivity index (χ3v) is 5.17. The van der Waals surface area contributed by atoms with E-state index in [1.165, 1.54) is 0 Å². The van der Waals surface area contributed by atoms with Gasteiger partial charge in [0, 0.05) is 18.0 Å². The summed E-state index contributed by atoms with van der Waals surface area (Å²) in [4.78, 5) is 0. The minimum Gasteiger partial charge on any atom is -0.497 e. The first-order valence-corrected chi connectivity index (χ1v) is 9.40. The molecule has 0 spiro atoms. The molecule has 0 aliphatic carbocycles. The van der Waals surface area contributed by atoms with Crippen molar-refractivity contribution in [3.05, 3.63) is 35.7 Å². The molecular formula is C17H19N7OS. The molecule has 1 aromatic carbocycles. The molecule has 26 heavy (non-hydrogen) atoms. The van der Waals surface area contributed by atoms with Crippen LogP contribution in [0.25, 0.3) is 16.6 Å². The number of ether oxygens (including phenoxy) is 1. The maximum absolute atomic E-state index is 5.40. The van der Waals surface area contributed by atoms with Crippen molar-refractivity contribution < 1.29 is 4.74 Å². The standard InChI is InChI=1S/C17H19N7OS/c1-4-7-23-16(19-21-22-23)10-26-17-20-18-15-8-11(2)13-6-5-12(25-3)9-14(13)24(15)17/h5-6,8-9H,4,7,10H2,1-3H3. The van der Waals surface area contributed by atoms with Crippen molar-refractivity contribution in [3.8, 4) is 5.75 Å². The van der Waals surface area contributed by atoms with Crippen molar-refractivity contribution in [2.75, 3.05) is 7.11 Å². The number of fused-ring (bicyclic) bond motifs is 3. The van der Waals surface area contributed by atoms with Gasteiger partial charge in [-0.2, -0.15) is 0 Å². The highest BCUT2D eigenvalue weighted by Crippen LogP contribution is 2.29. The fourth-order valence-electron chi connectivity index (χ4n) is 2.96. The van der Waals surface area contributed by atoms with E-state index < -0.39 is 0 Å². The van der Waals surface area contributed by atoms with E-state index in [4.69, 9.17) is 4.74 Å². The maximum atomic E-state index is 5.40. The summed E-state index contributed by atoms with van der Waals surface area (Å²) in [7, 11) is 1.67. The molecule has 0 saturated heterocycles. The van der Waals surface area contributed by atoms with Crippen LogP contribution in [0.5, 0.6) is 5.75 Å². The number of thioether (sulfide) groups is 1. The predicted octanol–water partition coefficient (Wildman–Crippen LogP) is 2.89. The van der Waals surface area contributed by atoms with Crippen LogP contribution in [0.15, 0.2) is 29.4 Å². The first-order chi connectivity index (χ1) is 12.7. The zero-order valence-electron chi connectivity index (χ0n) is 14.9. The summed E-state index contributed by atoms with van der Waals surface area (Å²) in [5.41, 5.74) is 3.00. The summed E-state index contributed by atoms with van der Waals surface area (Å²) >= 11 is 1.57. The van der Waals surface area contributed by atoms with Crippen molar-refractivity contribution in [1.29, 1.82) is 0 Å². The largest absolute Gasteiger partial charge is 0.497 e. The zero-order chi connectivity index (χ0) is 18.1. The molecule has 3 aromatic heterocycles. The van der Waals surface area contributed by atoms with Gasteiger partial charge >= 0.3 is 0 Å². The van der Waals surface area contributed by atoms with Gasteiger partial charge in [-0.25, -0.2) is 4.68 Å². The van der Waals surface area contributed by atoms with Gasteiger partial charge in [0.2, 0.25) is 0 Å². The van der Waals surface area contributed by atoms with Crippen molar-refractivity contribution >= 4 is 28.3 Å². The van der Waals surface area contributed by atoms with Crippen LogP contribution in [0, 0.1) is 6.92 Å². The fourth-order valence-corrected chi connectivity index (χ4v) is 3.85. The lowest BCUT2D eigenvalue weighted by atomic mass is 10.1. The first-order valence-electron chi connectivity index (χ1n) is 8.41. The summed E-state index contributed by atoms with van der Waals surface area (Å²) in [6, 6.07) is 8.10. The molecule has 0 aliphatic rings. The lowest BCUT2D eigenvalue weighted by Crippen LogP contribution is -2.04. The highest BCUT2D eigenvalue weighted by Gasteiger charge is 2.14. The van der Waals surface area contributed by atoms with Gasteiger partial charge in [0.1, 0.15) is 5.75 Å². The molecule has 0 atom stereocenters. The number of hydrogen-bond acceptors (Lipinski definition) is 7. The summed E-state index contributed by atoms with van der Waals surface area (Å²) in [5.74, 6) is 2.27. The second-order valence-corrected chi connectivity index (χ2v) is 6.94. The molecule has 0 saturated carbocycles. The van der Waals surface area contributed by atoms with Crippen LogP contribution in [-0.2, 0) is 12.3 Å². The van der Waals surface area contributed by atoms with Gasteiger partial charge in [-0.3, -0.25) is 4.40 Å². The van der Waals surface area contributed by atoms with Crippen LogP contribution < -0.4 is 4.74 Å². The Balaban J connectivity index is 1.75. The third kappa shape index (κ3) is 2.88. The van der Waals surface area contributed by atoms with Gasteiger partial charge in [-0.1, -0.05) is 18.7 Å². The van der Waals surface area contributed by atoms with Gasteiger partial charge in [-0.05, 0) is 47.5 Å². The van der Waals surface area contributed by atoms with E-state index in [9.17, 15) is 0 Å². The van der Waals surface area contributed by atoms with Gasteiger partial charge in [0.05, 0.1) is 18.4 Å². The van der Waals surface area contributed by atoms with Crippen LogP contribution in [-0.4, -0.2) is 41.9 Å². The number of rotatable bonds is 6. The number of methoxy groups -OCH3 is 1. The number of tetrazole rings is 1. The lowest BCUT2D eigenvalue weighted by molar-refractivity contribution is 0.415. The molecule has 0 amide bonds. The van der Waals surface area contributed by atoms with Crippen molar-refractivity contribution in [1.82, 2.24) is 34.8 Å². The smallest absolute Gasteiger partial charge is 0.196 e. The van der Waals surface area contributed by atoms with Crippen molar-refractivity contribution in [3.63, 3.8) is 0 Å². The van der Waals surface area contributed by atoms with Gasteiger partial charge in [0.15, 0.2) is 16.6 Å². The Hall–Kier alpha value is -2.68. The van der Waals surface area contributed by atoms with Gasteiger partial charge < -0.3 is 4.74 Å². The molecule has 0 N–H and O–H groups in total. The molecule has 8 nitrogen and oxygen atoms in total. The number of hydrogen-bond donors (Lipinski definition) is 0. The summed E-state index contributed by atoms with van der Waals surface area (Å²) in [5, 5.41) is 22.6. The van der Waals surface area contributed by atoms with Crippen molar-refractivity contribution in [2.45, 2.75) is 37.7 Å². The van der Waals surface area contributed by atoms with Crippen LogP contribution >= 0.6 is 11.8 Å². The highest BCUT2D eigenvalue weighted by atomic mass is 32.2. The monoisotopic (exact) mass is 369 g/mol. The Morgan fingerprint density at radius 1 is 1.15 bits per heavy atom. The van der Waals surface area contributed by atoms with E-state index in [0.29, 0.717) is 5.75 Å². The molecule has 0 aliphatic heterocycles. The van der Waals surface area contributed by atoms with E-state index in [1.54, 1.807) is 18.9 Å². The lowest BCUT2D eigenvalue weighted by Gasteiger charge is -2.09. The number of aryl methyl sites for hydroxylation is 2. The Kier molecular flexibility index (Phi) is 4.46. The molecule has 0 radical (unpaired) electrons. The molecular weight excluding hydrogens is 350 g/mol. The van der Waals surface area contributed by atoms with Gasteiger partial charge in [0.25, 0.3) is 0 Å². The molecule has 4 rings (SSSR count). The number of nitrogens with zero attached hydrogens (tertiary/aromatic N) is 7. The van der Waals surface area contributed by atoms with E-state index in [-0.39, 0.29) is 0 Å². The van der Waals surface area contributed by atoms with E-state index in [2.05, 4.69) is 50.0 Å². The SMILES string of the molecule is CCCn1nnnc1CSc1nnc2cc(C)c3ccc(OC)cc3n12. The molecule has 9 heteroatoms. The Morgan fingerprint density at radius 3 is 2.85 bits per heavy atom. The minimum absolute atomic E-state index is 0.632. The Morgan fingerprint density at radius 2 is 2.04 bits per heavy atom. The highest BCUT2D eigenvalue weighted by molar-refractivity contribution is 7.98. The third-order valence-electron chi connectivity index (χ3n) is 4.25. The number of benzene rings is 1. The molecule has 3 heterocycles. The van der Waals surface area contributed by atoms with Crippen LogP contribution in [0.1, 0.15) is 24.7 Å². The van der Waals surface area contributed by atoms with Crippen LogP contribution in [0.3, 0.4) is 0 Å². The minimum atomic E-state index is 0.632. The topological polar surface area (TPSA) is 83.0 Å². The average molecular weight is 369 g/mol. The average Bonchev–Trinajstić information content (AvgIpc) is 3.26. The van der Waals surface area contributed by atoms with E-state index >= 15 is 0 Å². The van der Waals surface area contributed by atoms with Gasteiger partial charge in [-0.15, -0.1) is 15.3 Å².